The zero-order valence-electron chi connectivity index (χ0n) is 7.76. The quantitative estimate of drug-likeness (QED) is 0.453. The van der Waals surface area contributed by atoms with Crippen LogP contribution in [0.25, 0.3) is 0 Å². The van der Waals surface area contributed by atoms with Gasteiger partial charge in [0, 0.05) is 18.0 Å². The summed E-state index contributed by atoms with van der Waals surface area (Å²) in [6, 6.07) is 3.62. The minimum Gasteiger partial charge on any atom is -0.411 e. The van der Waals surface area contributed by atoms with Gasteiger partial charge in [0.1, 0.15) is 0 Å². The zero-order valence-corrected chi connectivity index (χ0v) is 8.57. The number of aromatic nitrogens is 1. The highest BCUT2D eigenvalue weighted by atomic mass is 35.5. The molecule has 78 valence electrons. The van der Waals surface area contributed by atoms with Gasteiger partial charge in [0.25, 0.3) is 0 Å². The maximum atomic E-state index is 8.73. The van der Waals surface area contributed by atoms with Gasteiger partial charge in [-0.15, -0.1) is 12.4 Å². The van der Waals surface area contributed by atoms with Crippen molar-refractivity contribution in [2.45, 2.75) is 12.8 Å². The van der Waals surface area contributed by atoms with Crippen LogP contribution in [0.5, 0.6) is 0 Å². The third kappa shape index (κ3) is 3.72. The molecule has 0 radical (unpaired) electrons. The van der Waals surface area contributed by atoms with Crippen molar-refractivity contribution in [2.24, 2.45) is 10.9 Å². The molecule has 0 atom stereocenters. The molecule has 1 aromatic heterocycles. The first-order valence-corrected chi connectivity index (χ1v) is 4.20. The van der Waals surface area contributed by atoms with E-state index in [4.69, 9.17) is 10.9 Å². The van der Waals surface area contributed by atoms with Gasteiger partial charge >= 0.3 is 0 Å². The summed E-state index contributed by atoms with van der Waals surface area (Å²) in [6.45, 7) is 0.601. The van der Waals surface area contributed by atoms with Crippen LogP contribution in [0.4, 0.5) is 0 Å². The molecule has 5 heteroatoms. The second-order valence-electron chi connectivity index (χ2n) is 2.67. The number of hydrogen-bond donors (Lipinski definition) is 2. The van der Waals surface area contributed by atoms with E-state index in [-0.39, 0.29) is 12.4 Å². The standard InChI is InChI=1S/C9H13N3O.ClH/c10-5-1-2-9(12-13)8-3-6-11-7-4-8;/h3-4,6-7,13H,1-2,5,10H2;1H/b12-9-;. The largest absolute Gasteiger partial charge is 0.411 e. The molecule has 0 amide bonds. The highest BCUT2D eigenvalue weighted by molar-refractivity contribution is 5.99. The van der Waals surface area contributed by atoms with Crippen LogP contribution in [0.2, 0.25) is 0 Å². The fourth-order valence-corrected chi connectivity index (χ4v) is 1.07. The van der Waals surface area contributed by atoms with Crippen LogP contribution in [0, 0.1) is 0 Å². The molecule has 0 aliphatic heterocycles. The van der Waals surface area contributed by atoms with Crippen molar-refractivity contribution >= 4 is 18.1 Å². The summed E-state index contributed by atoms with van der Waals surface area (Å²) in [5.74, 6) is 0. The van der Waals surface area contributed by atoms with Crippen LogP contribution < -0.4 is 5.73 Å². The van der Waals surface area contributed by atoms with Gasteiger partial charge in [-0.3, -0.25) is 4.98 Å². The molecule has 0 unspecified atom stereocenters. The van der Waals surface area contributed by atoms with Crippen molar-refractivity contribution in [3.63, 3.8) is 0 Å². The SMILES string of the molecule is Cl.NCCC/C(=N/O)c1ccncc1. The van der Waals surface area contributed by atoms with Gasteiger partial charge in [-0.2, -0.15) is 0 Å². The summed E-state index contributed by atoms with van der Waals surface area (Å²) in [4.78, 5) is 3.88. The van der Waals surface area contributed by atoms with Crippen LogP contribution >= 0.6 is 12.4 Å². The van der Waals surface area contributed by atoms with Crippen LogP contribution in [-0.2, 0) is 0 Å². The number of rotatable bonds is 4. The summed E-state index contributed by atoms with van der Waals surface area (Å²) in [6.07, 6.45) is 4.85. The predicted molar refractivity (Wildman–Crippen MR) is 58.1 cm³/mol. The molecule has 0 aliphatic rings. The molecular formula is C9H14ClN3O. The molecule has 14 heavy (non-hydrogen) atoms. The Morgan fingerprint density at radius 1 is 1.43 bits per heavy atom. The van der Waals surface area contributed by atoms with Gasteiger partial charge in [0.15, 0.2) is 0 Å². The Morgan fingerprint density at radius 2 is 2.07 bits per heavy atom. The molecule has 0 fully saturated rings. The minimum absolute atomic E-state index is 0. The van der Waals surface area contributed by atoms with E-state index in [1.165, 1.54) is 0 Å². The van der Waals surface area contributed by atoms with E-state index >= 15 is 0 Å². The lowest BCUT2D eigenvalue weighted by Crippen LogP contribution is -2.06. The van der Waals surface area contributed by atoms with Crippen molar-refractivity contribution < 1.29 is 5.21 Å². The minimum atomic E-state index is 0. The Kier molecular flexibility index (Phi) is 6.70. The fraction of sp³-hybridized carbons (Fsp3) is 0.333. The van der Waals surface area contributed by atoms with Crippen molar-refractivity contribution in [3.05, 3.63) is 30.1 Å². The van der Waals surface area contributed by atoms with Crippen molar-refractivity contribution in [2.75, 3.05) is 6.54 Å². The lowest BCUT2D eigenvalue weighted by Gasteiger charge is -2.02. The molecule has 0 bridgehead atoms. The van der Waals surface area contributed by atoms with Crippen LogP contribution in [0.15, 0.2) is 29.7 Å². The van der Waals surface area contributed by atoms with Crippen molar-refractivity contribution in [1.82, 2.24) is 4.98 Å². The Hall–Kier alpha value is -1.13. The van der Waals surface area contributed by atoms with Crippen LogP contribution in [0.3, 0.4) is 0 Å². The van der Waals surface area contributed by atoms with Gasteiger partial charge in [0.2, 0.25) is 0 Å². The topological polar surface area (TPSA) is 71.5 Å². The smallest absolute Gasteiger partial charge is 0.0869 e. The molecule has 0 aliphatic carbocycles. The van der Waals surface area contributed by atoms with E-state index < -0.39 is 0 Å². The first kappa shape index (κ1) is 12.9. The van der Waals surface area contributed by atoms with E-state index in [0.717, 1.165) is 12.0 Å². The first-order chi connectivity index (χ1) is 6.38. The number of hydrogen-bond acceptors (Lipinski definition) is 4. The summed E-state index contributed by atoms with van der Waals surface area (Å²) in [5.41, 5.74) is 6.92. The van der Waals surface area contributed by atoms with Crippen molar-refractivity contribution in [1.29, 1.82) is 0 Å². The van der Waals surface area contributed by atoms with Gasteiger partial charge in [-0.25, -0.2) is 0 Å². The van der Waals surface area contributed by atoms with Crippen LogP contribution in [-0.4, -0.2) is 22.4 Å². The molecule has 3 N–H and O–H groups in total. The second kappa shape index (κ2) is 7.29. The lowest BCUT2D eigenvalue weighted by atomic mass is 10.1. The third-order valence-corrected chi connectivity index (χ3v) is 1.75. The molecule has 1 heterocycles. The summed E-state index contributed by atoms with van der Waals surface area (Å²) in [7, 11) is 0. The van der Waals surface area contributed by atoms with E-state index in [1.54, 1.807) is 12.4 Å². The highest BCUT2D eigenvalue weighted by Gasteiger charge is 2.02. The Labute approximate surface area is 89.2 Å². The van der Waals surface area contributed by atoms with Crippen molar-refractivity contribution in [3.8, 4) is 0 Å². The predicted octanol–water partition coefficient (Wildman–Crippen LogP) is 1.42. The number of nitrogens with zero attached hydrogens (tertiary/aromatic N) is 2. The normalized spacial score (nSPS) is 10.8. The molecule has 0 aromatic carbocycles. The Balaban J connectivity index is 0.00000169. The monoisotopic (exact) mass is 215 g/mol. The molecule has 1 aromatic rings. The lowest BCUT2D eigenvalue weighted by molar-refractivity contribution is 0.318. The van der Waals surface area contributed by atoms with Gasteiger partial charge in [0.05, 0.1) is 5.71 Å². The van der Waals surface area contributed by atoms with E-state index in [0.29, 0.717) is 18.7 Å². The van der Waals surface area contributed by atoms with E-state index in [1.807, 2.05) is 12.1 Å². The van der Waals surface area contributed by atoms with Crippen LogP contribution in [0.1, 0.15) is 18.4 Å². The molecule has 4 nitrogen and oxygen atoms in total. The number of halogens is 1. The molecular weight excluding hydrogens is 202 g/mol. The molecule has 1 rings (SSSR count). The molecule has 0 spiro atoms. The second-order valence-corrected chi connectivity index (χ2v) is 2.67. The Morgan fingerprint density at radius 3 is 2.57 bits per heavy atom. The average Bonchev–Trinajstić information content (AvgIpc) is 2.21. The molecule has 0 saturated carbocycles. The van der Waals surface area contributed by atoms with Gasteiger partial charge < -0.3 is 10.9 Å². The van der Waals surface area contributed by atoms with Gasteiger partial charge in [-0.1, -0.05) is 5.16 Å². The molecule has 0 saturated heterocycles. The zero-order chi connectivity index (χ0) is 9.52. The summed E-state index contributed by atoms with van der Waals surface area (Å²) >= 11 is 0. The van der Waals surface area contributed by atoms with E-state index in [2.05, 4.69) is 10.1 Å². The average molecular weight is 216 g/mol. The number of oxime groups is 1. The Bertz CT molecular complexity index is 277. The number of nitrogens with two attached hydrogens (primary N) is 1. The maximum absolute atomic E-state index is 8.73. The first-order valence-electron chi connectivity index (χ1n) is 4.20. The van der Waals surface area contributed by atoms with Gasteiger partial charge in [-0.05, 0) is 31.5 Å². The fourth-order valence-electron chi connectivity index (χ4n) is 1.07. The maximum Gasteiger partial charge on any atom is 0.0869 e. The number of pyridine rings is 1. The summed E-state index contributed by atoms with van der Waals surface area (Å²) < 4.78 is 0. The highest BCUT2D eigenvalue weighted by Crippen LogP contribution is 2.04. The summed E-state index contributed by atoms with van der Waals surface area (Å²) in [5, 5.41) is 12.0. The van der Waals surface area contributed by atoms with E-state index in [9.17, 15) is 0 Å². The third-order valence-electron chi connectivity index (χ3n) is 1.75.